The van der Waals surface area contributed by atoms with Crippen molar-refractivity contribution in [3.05, 3.63) is 30.3 Å². The Bertz CT molecular complexity index is 345. The summed E-state index contributed by atoms with van der Waals surface area (Å²) in [5.41, 5.74) is 1.07. The first-order chi connectivity index (χ1) is 8.27. The van der Waals surface area contributed by atoms with Crippen molar-refractivity contribution in [3.63, 3.8) is 0 Å². The lowest BCUT2D eigenvalue weighted by atomic mass is 10.2. The van der Waals surface area contributed by atoms with Gasteiger partial charge in [0.15, 0.2) is 0 Å². The summed E-state index contributed by atoms with van der Waals surface area (Å²) in [5.74, 6) is 0. The molecule has 0 aliphatic rings. The second kappa shape index (κ2) is 7.70. The van der Waals surface area contributed by atoms with Gasteiger partial charge in [0.25, 0.3) is 0 Å². The number of nitriles is 1. The Kier molecular flexibility index (Phi) is 6.13. The second-order valence-corrected chi connectivity index (χ2v) is 4.13. The Labute approximate surface area is 103 Å². The molecule has 17 heavy (non-hydrogen) atoms. The van der Waals surface area contributed by atoms with E-state index in [0.29, 0.717) is 19.5 Å². The molecule has 0 saturated carbocycles. The smallest absolute Gasteiger partial charge is 0.0715 e. The van der Waals surface area contributed by atoms with E-state index in [-0.39, 0.29) is 6.10 Å². The highest BCUT2D eigenvalue weighted by Gasteiger charge is 2.11. The Balaban J connectivity index is 2.64. The molecule has 0 spiro atoms. The SMILES string of the molecule is CCCC(O)CN(CCC#N)c1ccccc1. The minimum absolute atomic E-state index is 0.320. The Morgan fingerprint density at radius 2 is 2.06 bits per heavy atom. The van der Waals surface area contributed by atoms with E-state index in [0.717, 1.165) is 18.5 Å². The van der Waals surface area contributed by atoms with E-state index >= 15 is 0 Å². The third-order valence-corrected chi connectivity index (χ3v) is 2.67. The maximum Gasteiger partial charge on any atom is 0.0715 e. The maximum absolute atomic E-state index is 9.86. The van der Waals surface area contributed by atoms with Crippen LogP contribution in [0.2, 0.25) is 0 Å². The molecule has 92 valence electrons. The van der Waals surface area contributed by atoms with Crippen LogP contribution in [0.4, 0.5) is 5.69 Å². The standard InChI is InChI=1S/C14H20N2O/c1-2-7-14(17)12-16(11-6-10-15)13-8-4-3-5-9-13/h3-5,8-9,14,17H,2,6-7,11-12H2,1H3. The van der Waals surface area contributed by atoms with Gasteiger partial charge in [-0.15, -0.1) is 0 Å². The van der Waals surface area contributed by atoms with Gasteiger partial charge in [0, 0.05) is 18.8 Å². The minimum atomic E-state index is -0.320. The van der Waals surface area contributed by atoms with E-state index in [9.17, 15) is 5.11 Å². The predicted molar refractivity (Wildman–Crippen MR) is 69.8 cm³/mol. The maximum atomic E-state index is 9.86. The molecule has 1 aromatic rings. The Morgan fingerprint density at radius 3 is 2.65 bits per heavy atom. The van der Waals surface area contributed by atoms with E-state index in [2.05, 4.69) is 17.9 Å². The summed E-state index contributed by atoms with van der Waals surface area (Å²) in [6.45, 7) is 3.33. The van der Waals surface area contributed by atoms with Gasteiger partial charge in [0.05, 0.1) is 18.6 Å². The van der Waals surface area contributed by atoms with Gasteiger partial charge in [-0.3, -0.25) is 0 Å². The van der Waals surface area contributed by atoms with Crippen molar-refractivity contribution >= 4 is 5.69 Å². The van der Waals surface area contributed by atoms with Crippen molar-refractivity contribution in [2.45, 2.75) is 32.3 Å². The van der Waals surface area contributed by atoms with Gasteiger partial charge >= 0.3 is 0 Å². The summed E-state index contributed by atoms with van der Waals surface area (Å²) in [7, 11) is 0. The van der Waals surface area contributed by atoms with Crippen molar-refractivity contribution in [2.24, 2.45) is 0 Å². The lowest BCUT2D eigenvalue weighted by Crippen LogP contribution is -2.33. The highest BCUT2D eigenvalue weighted by atomic mass is 16.3. The zero-order chi connectivity index (χ0) is 12.5. The number of benzene rings is 1. The van der Waals surface area contributed by atoms with Crippen LogP contribution in [-0.2, 0) is 0 Å². The van der Waals surface area contributed by atoms with E-state index in [4.69, 9.17) is 5.26 Å². The summed E-state index contributed by atoms with van der Waals surface area (Å²) in [6.07, 6.45) is 1.94. The third-order valence-electron chi connectivity index (χ3n) is 2.67. The van der Waals surface area contributed by atoms with Crippen LogP contribution in [0.5, 0.6) is 0 Å². The highest BCUT2D eigenvalue weighted by molar-refractivity contribution is 5.46. The van der Waals surface area contributed by atoms with Gasteiger partial charge in [-0.1, -0.05) is 31.5 Å². The molecule has 0 aliphatic heterocycles. The van der Waals surface area contributed by atoms with Gasteiger partial charge < -0.3 is 10.0 Å². The number of aliphatic hydroxyl groups excluding tert-OH is 1. The molecule has 0 aromatic heterocycles. The fraction of sp³-hybridized carbons (Fsp3) is 0.500. The van der Waals surface area contributed by atoms with Crippen molar-refractivity contribution in [1.29, 1.82) is 5.26 Å². The molecule has 1 N–H and O–H groups in total. The van der Waals surface area contributed by atoms with Crippen molar-refractivity contribution in [3.8, 4) is 6.07 Å². The van der Waals surface area contributed by atoms with Crippen LogP contribution in [0.1, 0.15) is 26.2 Å². The molecule has 3 heteroatoms. The average Bonchev–Trinajstić information content (AvgIpc) is 2.36. The van der Waals surface area contributed by atoms with Crippen molar-refractivity contribution in [2.75, 3.05) is 18.0 Å². The molecule has 1 unspecified atom stereocenters. The van der Waals surface area contributed by atoms with Gasteiger partial charge in [-0.05, 0) is 18.6 Å². The number of rotatable bonds is 7. The van der Waals surface area contributed by atoms with Crippen LogP contribution in [-0.4, -0.2) is 24.3 Å². The molecular formula is C14H20N2O. The number of hydrogen-bond acceptors (Lipinski definition) is 3. The number of hydrogen-bond donors (Lipinski definition) is 1. The molecule has 0 saturated heterocycles. The first-order valence-corrected chi connectivity index (χ1v) is 6.13. The molecule has 0 heterocycles. The largest absolute Gasteiger partial charge is 0.391 e. The first-order valence-electron chi connectivity index (χ1n) is 6.13. The van der Waals surface area contributed by atoms with Crippen LogP contribution < -0.4 is 4.90 Å². The lowest BCUT2D eigenvalue weighted by Gasteiger charge is -2.26. The molecule has 0 bridgehead atoms. The Hall–Kier alpha value is -1.53. The van der Waals surface area contributed by atoms with Crippen molar-refractivity contribution < 1.29 is 5.11 Å². The van der Waals surface area contributed by atoms with Crippen LogP contribution in [0, 0.1) is 11.3 Å². The molecular weight excluding hydrogens is 212 g/mol. The monoisotopic (exact) mass is 232 g/mol. The topological polar surface area (TPSA) is 47.3 Å². The molecule has 1 atom stereocenters. The zero-order valence-corrected chi connectivity index (χ0v) is 10.3. The summed E-state index contributed by atoms with van der Waals surface area (Å²) >= 11 is 0. The van der Waals surface area contributed by atoms with Crippen LogP contribution in [0.15, 0.2) is 30.3 Å². The van der Waals surface area contributed by atoms with E-state index < -0.39 is 0 Å². The van der Waals surface area contributed by atoms with Crippen LogP contribution >= 0.6 is 0 Å². The predicted octanol–water partition coefficient (Wildman–Crippen LogP) is 2.57. The Morgan fingerprint density at radius 1 is 1.35 bits per heavy atom. The summed E-state index contributed by atoms with van der Waals surface area (Å²) in [6, 6.07) is 12.1. The normalized spacial score (nSPS) is 11.8. The van der Waals surface area contributed by atoms with E-state index in [1.54, 1.807) is 0 Å². The van der Waals surface area contributed by atoms with Gasteiger partial charge in [-0.25, -0.2) is 0 Å². The number of anilines is 1. The minimum Gasteiger partial charge on any atom is -0.391 e. The molecule has 1 aromatic carbocycles. The molecule has 1 rings (SSSR count). The van der Waals surface area contributed by atoms with E-state index in [1.807, 2.05) is 30.3 Å². The van der Waals surface area contributed by atoms with Crippen LogP contribution in [0.3, 0.4) is 0 Å². The van der Waals surface area contributed by atoms with Gasteiger partial charge in [-0.2, -0.15) is 5.26 Å². The number of nitrogens with zero attached hydrogens (tertiary/aromatic N) is 2. The molecule has 3 nitrogen and oxygen atoms in total. The molecule has 0 amide bonds. The fourth-order valence-corrected chi connectivity index (χ4v) is 1.83. The molecule has 0 radical (unpaired) electrons. The fourth-order valence-electron chi connectivity index (χ4n) is 1.83. The van der Waals surface area contributed by atoms with Crippen LogP contribution in [0.25, 0.3) is 0 Å². The first kappa shape index (κ1) is 13.5. The van der Waals surface area contributed by atoms with Gasteiger partial charge in [0.2, 0.25) is 0 Å². The highest BCUT2D eigenvalue weighted by Crippen LogP contribution is 2.15. The summed E-state index contributed by atoms with van der Waals surface area (Å²) in [4.78, 5) is 2.07. The number of para-hydroxylation sites is 1. The average molecular weight is 232 g/mol. The van der Waals surface area contributed by atoms with Gasteiger partial charge in [0.1, 0.15) is 0 Å². The van der Waals surface area contributed by atoms with E-state index in [1.165, 1.54) is 0 Å². The van der Waals surface area contributed by atoms with Crippen molar-refractivity contribution in [1.82, 2.24) is 0 Å². The lowest BCUT2D eigenvalue weighted by molar-refractivity contribution is 0.169. The molecule has 0 aliphatic carbocycles. The third kappa shape index (κ3) is 4.88. The zero-order valence-electron chi connectivity index (χ0n) is 10.3. The number of aliphatic hydroxyl groups is 1. The summed E-state index contributed by atoms with van der Waals surface area (Å²) in [5, 5.41) is 18.5. The summed E-state index contributed by atoms with van der Waals surface area (Å²) < 4.78 is 0. The second-order valence-electron chi connectivity index (χ2n) is 4.13. The molecule has 0 fully saturated rings. The quantitative estimate of drug-likeness (QED) is 0.786.